The Hall–Kier alpha value is -2.45. The molecule has 0 saturated heterocycles. The molecule has 3 N–H and O–H groups in total. The summed E-state index contributed by atoms with van der Waals surface area (Å²) in [5, 5.41) is 30.2. The number of pyridine rings is 1. The molecule has 6 nitrogen and oxygen atoms in total. The van der Waals surface area contributed by atoms with Crippen LogP contribution < -0.4 is 0 Å². The topological polar surface area (TPSA) is 103 Å². The van der Waals surface area contributed by atoms with Crippen LogP contribution in [0.15, 0.2) is 56.5 Å². The highest BCUT2D eigenvalue weighted by Gasteiger charge is 2.19. The molecule has 0 bridgehead atoms. The number of aromatic nitrogens is 1. The molecule has 2 aromatic carbocycles. The van der Waals surface area contributed by atoms with Crippen molar-refractivity contribution in [1.29, 1.82) is 0 Å². The molecule has 132 valence electrons. The Morgan fingerprint density at radius 3 is 2.62 bits per heavy atom. The summed E-state index contributed by atoms with van der Waals surface area (Å²) in [4.78, 5) is 19.4. The number of carboxylic acids is 1. The van der Waals surface area contributed by atoms with Crippen LogP contribution in [-0.4, -0.2) is 38.5 Å². The quantitative estimate of drug-likeness (QED) is 0.489. The van der Waals surface area contributed by atoms with Crippen LogP contribution in [0.25, 0.3) is 10.9 Å². The van der Waals surface area contributed by atoms with Crippen LogP contribution in [-0.2, 0) is 4.79 Å². The Labute approximate surface area is 165 Å². The molecule has 0 amide bonds. The third-order valence-electron chi connectivity index (χ3n) is 3.67. The van der Waals surface area contributed by atoms with Gasteiger partial charge < -0.3 is 15.3 Å². The summed E-state index contributed by atoms with van der Waals surface area (Å²) >= 11 is 6.35. The molecule has 0 aliphatic carbocycles. The molecule has 1 heterocycles. The molecule has 3 rings (SSSR count). The highest BCUT2D eigenvalue weighted by Crippen LogP contribution is 2.42. The number of phenolic OH excluding ortho intramolecular Hbond substituents is 2. The average molecular weight is 480 g/mol. The largest absolute Gasteiger partial charge is 0.506 e. The molecule has 0 unspecified atom stereocenters. The number of carboxylic acid groups (broad SMARTS) is 1. The van der Waals surface area contributed by atoms with Gasteiger partial charge in [-0.3, -0.25) is 14.8 Å². The zero-order valence-electron chi connectivity index (χ0n) is 13.1. The normalized spacial score (nSPS) is 11.7. The van der Waals surface area contributed by atoms with Gasteiger partial charge in [0, 0.05) is 22.7 Å². The van der Waals surface area contributed by atoms with Gasteiger partial charge in [-0.05, 0) is 56.1 Å². The lowest BCUT2D eigenvalue weighted by atomic mass is 9.99. The summed E-state index contributed by atoms with van der Waals surface area (Å²) in [6.07, 6.45) is 1.68. The molecule has 26 heavy (non-hydrogen) atoms. The molecular weight excluding hydrogens is 468 g/mol. The Balaban J connectivity index is 2.23. The van der Waals surface area contributed by atoms with Crippen LogP contribution in [0.3, 0.4) is 0 Å². The minimum absolute atomic E-state index is 0.0901. The van der Waals surface area contributed by atoms with Gasteiger partial charge in [-0.1, -0.05) is 12.1 Å². The van der Waals surface area contributed by atoms with Crippen LogP contribution >= 0.6 is 31.9 Å². The third-order valence-corrected chi connectivity index (χ3v) is 5.03. The predicted octanol–water partition coefficient (Wildman–Crippen LogP) is 4.09. The van der Waals surface area contributed by atoms with Crippen molar-refractivity contribution in [2.24, 2.45) is 4.99 Å². The van der Waals surface area contributed by atoms with E-state index in [1.54, 1.807) is 24.4 Å². The van der Waals surface area contributed by atoms with E-state index in [-0.39, 0.29) is 27.2 Å². The number of phenols is 2. The summed E-state index contributed by atoms with van der Waals surface area (Å²) in [6.45, 7) is -0.462. The second-order valence-corrected chi connectivity index (χ2v) is 7.03. The van der Waals surface area contributed by atoms with E-state index in [0.717, 1.165) is 10.9 Å². The highest BCUT2D eigenvalue weighted by molar-refractivity contribution is 9.11. The van der Waals surface area contributed by atoms with Crippen molar-refractivity contribution in [3.63, 3.8) is 0 Å². The molecule has 0 spiro atoms. The second kappa shape index (κ2) is 7.43. The molecule has 0 aliphatic rings. The summed E-state index contributed by atoms with van der Waals surface area (Å²) in [7, 11) is 0. The van der Waals surface area contributed by atoms with Gasteiger partial charge >= 0.3 is 5.97 Å². The van der Waals surface area contributed by atoms with Crippen molar-refractivity contribution in [2.75, 3.05) is 6.54 Å². The molecule has 0 atom stereocenters. The van der Waals surface area contributed by atoms with Crippen LogP contribution in [0.2, 0.25) is 0 Å². The number of hydrogen-bond donors (Lipinski definition) is 3. The number of hydrogen-bond acceptors (Lipinski definition) is 5. The van der Waals surface area contributed by atoms with E-state index in [1.165, 1.54) is 6.07 Å². The lowest BCUT2D eigenvalue weighted by molar-refractivity contribution is -0.135. The maximum absolute atomic E-state index is 11.0. The smallest absolute Gasteiger partial charge is 0.325 e. The van der Waals surface area contributed by atoms with Crippen molar-refractivity contribution in [1.82, 2.24) is 4.98 Å². The first-order valence-electron chi connectivity index (χ1n) is 7.40. The molecule has 3 aromatic rings. The van der Waals surface area contributed by atoms with E-state index < -0.39 is 12.5 Å². The van der Waals surface area contributed by atoms with E-state index in [4.69, 9.17) is 5.11 Å². The predicted molar refractivity (Wildman–Crippen MR) is 105 cm³/mol. The molecule has 8 heteroatoms. The summed E-state index contributed by atoms with van der Waals surface area (Å²) in [6, 6.07) is 10.5. The van der Waals surface area contributed by atoms with Crippen molar-refractivity contribution in [3.05, 3.63) is 62.7 Å². The first kappa shape index (κ1) is 18.3. The Morgan fingerprint density at radius 2 is 1.88 bits per heavy atom. The van der Waals surface area contributed by atoms with E-state index >= 15 is 0 Å². The van der Waals surface area contributed by atoms with Crippen molar-refractivity contribution in [3.8, 4) is 11.5 Å². The summed E-state index contributed by atoms with van der Waals surface area (Å²) < 4.78 is 0.426. The minimum atomic E-state index is -1.10. The zero-order valence-corrected chi connectivity index (χ0v) is 16.3. The maximum Gasteiger partial charge on any atom is 0.325 e. The minimum Gasteiger partial charge on any atom is -0.506 e. The standard InChI is InChI=1S/C18H12Br2N2O4/c19-12-7-11(17(25)15(20)18(12)26)16(22-8-14(23)24)10-3-4-13-9(6-10)2-1-5-21-13/h1-7,25-26H,8H2,(H,23,24). The molecule has 0 fully saturated rings. The molecular formula is C18H12Br2N2O4. The van der Waals surface area contributed by atoms with Crippen molar-refractivity contribution >= 4 is 54.4 Å². The van der Waals surface area contributed by atoms with Gasteiger partial charge in [-0.15, -0.1) is 0 Å². The van der Waals surface area contributed by atoms with Crippen LogP contribution in [0.5, 0.6) is 11.5 Å². The fourth-order valence-electron chi connectivity index (χ4n) is 2.48. The number of benzene rings is 2. The van der Waals surface area contributed by atoms with Crippen LogP contribution in [0.4, 0.5) is 0 Å². The fourth-order valence-corrected chi connectivity index (χ4v) is 3.60. The van der Waals surface area contributed by atoms with Crippen LogP contribution in [0.1, 0.15) is 11.1 Å². The summed E-state index contributed by atoms with van der Waals surface area (Å²) in [5.74, 6) is -1.49. The van der Waals surface area contributed by atoms with E-state index in [0.29, 0.717) is 10.0 Å². The number of nitrogens with zero attached hydrogens (tertiary/aromatic N) is 2. The maximum atomic E-state index is 11.0. The number of halogens is 2. The SMILES string of the molecule is O=C(O)CN=C(c1ccc2ncccc2c1)c1cc(Br)c(O)c(Br)c1O. The monoisotopic (exact) mass is 478 g/mol. The Kier molecular flexibility index (Phi) is 5.24. The number of rotatable bonds is 4. The van der Waals surface area contributed by atoms with Gasteiger partial charge in [0.2, 0.25) is 0 Å². The summed E-state index contributed by atoms with van der Waals surface area (Å²) in [5.41, 5.74) is 1.97. The number of fused-ring (bicyclic) bond motifs is 1. The Bertz CT molecular complexity index is 1050. The third kappa shape index (κ3) is 3.56. The van der Waals surface area contributed by atoms with Gasteiger partial charge in [0.25, 0.3) is 0 Å². The van der Waals surface area contributed by atoms with Crippen molar-refractivity contribution in [2.45, 2.75) is 0 Å². The van der Waals surface area contributed by atoms with Gasteiger partial charge in [0.05, 0.1) is 15.7 Å². The van der Waals surface area contributed by atoms with E-state index in [2.05, 4.69) is 41.8 Å². The van der Waals surface area contributed by atoms with E-state index in [9.17, 15) is 15.0 Å². The molecule has 0 radical (unpaired) electrons. The van der Waals surface area contributed by atoms with Gasteiger partial charge in [0.1, 0.15) is 22.5 Å². The van der Waals surface area contributed by atoms with Gasteiger partial charge in [-0.25, -0.2) is 0 Å². The number of aliphatic imine (C=N–C) groups is 1. The Morgan fingerprint density at radius 1 is 1.12 bits per heavy atom. The highest BCUT2D eigenvalue weighted by atomic mass is 79.9. The number of carbonyl (C=O) groups is 1. The average Bonchev–Trinajstić information content (AvgIpc) is 2.63. The zero-order chi connectivity index (χ0) is 18.8. The number of aromatic hydroxyl groups is 2. The molecule has 0 aliphatic heterocycles. The fraction of sp³-hybridized carbons (Fsp3) is 0.0556. The molecule has 0 saturated carbocycles. The van der Waals surface area contributed by atoms with Crippen LogP contribution in [0, 0.1) is 0 Å². The first-order chi connectivity index (χ1) is 12.4. The lowest BCUT2D eigenvalue weighted by Crippen LogP contribution is -2.09. The first-order valence-corrected chi connectivity index (χ1v) is 8.98. The second-order valence-electron chi connectivity index (χ2n) is 5.39. The van der Waals surface area contributed by atoms with E-state index in [1.807, 2.05) is 12.1 Å². The number of aliphatic carboxylic acids is 1. The molecule has 1 aromatic heterocycles. The lowest BCUT2D eigenvalue weighted by Gasteiger charge is -2.13. The van der Waals surface area contributed by atoms with Gasteiger partial charge in [-0.2, -0.15) is 0 Å². The van der Waals surface area contributed by atoms with Crippen molar-refractivity contribution < 1.29 is 20.1 Å². The van der Waals surface area contributed by atoms with Gasteiger partial charge in [0.15, 0.2) is 0 Å².